The molecule has 192 valence electrons. The van der Waals surface area contributed by atoms with Crippen molar-refractivity contribution in [2.24, 2.45) is 0 Å². The second kappa shape index (κ2) is 9.70. The number of nitrogens with one attached hydrogen (secondary N) is 1. The molecule has 0 saturated carbocycles. The van der Waals surface area contributed by atoms with Gasteiger partial charge in [0.2, 0.25) is 12.3 Å². The van der Waals surface area contributed by atoms with Gasteiger partial charge in [-0.25, -0.2) is 0 Å². The summed E-state index contributed by atoms with van der Waals surface area (Å²) in [6.07, 6.45) is 0.815. The largest absolute Gasteiger partial charge is 0.497 e. The molecule has 1 N–H and O–H groups in total. The van der Waals surface area contributed by atoms with Gasteiger partial charge in [0.15, 0.2) is 0 Å². The summed E-state index contributed by atoms with van der Waals surface area (Å²) in [6.45, 7) is 1.86. The van der Waals surface area contributed by atoms with Crippen LogP contribution in [-0.2, 0) is 9.59 Å². The van der Waals surface area contributed by atoms with Gasteiger partial charge in [-0.15, -0.1) is 0 Å². The highest BCUT2D eigenvalue weighted by Gasteiger charge is 2.41. The van der Waals surface area contributed by atoms with Crippen LogP contribution in [0.15, 0.2) is 72.8 Å². The minimum Gasteiger partial charge on any atom is -0.497 e. The topological polar surface area (TPSA) is 85.9 Å². The average molecular weight is 509 g/mol. The smallest absolute Gasteiger partial charge is 0.255 e. The lowest BCUT2D eigenvalue weighted by Crippen LogP contribution is -2.51. The van der Waals surface area contributed by atoms with Crippen molar-refractivity contribution >= 4 is 29.1 Å². The highest BCUT2D eigenvalue weighted by molar-refractivity contribution is 6.03. The lowest BCUT2D eigenvalue weighted by molar-refractivity contribution is -0.135. The number of aromatic amines is 1. The first kappa shape index (κ1) is 23.8. The first-order chi connectivity index (χ1) is 18.6. The van der Waals surface area contributed by atoms with Crippen LogP contribution in [0, 0.1) is 0 Å². The van der Waals surface area contributed by atoms with Gasteiger partial charge in [0.25, 0.3) is 5.91 Å². The Bertz CT molecular complexity index is 1540. The summed E-state index contributed by atoms with van der Waals surface area (Å²) in [5, 5.41) is 0.997. The molecule has 3 heterocycles. The number of amides is 3. The number of aromatic nitrogens is 1. The SMILES string of the molecule is COc1cccc(-c2[nH]c3ccccc3c2C2c3ccccc3C(=O)N2CC(=O)N2CCN(C=O)CC2)c1. The summed E-state index contributed by atoms with van der Waals surface area (Å²) in [7, 11) is 1.64. The first-order valence-electron chi connectivity index (χ1n) is 12.7. The van der Waals surface area contributed by atoms with E-state index in [0.29, 0.717) is 31.7 Å². The highest BCUT2D eigenvalue weighted by atomic mass is 16.5. The van der Waals surface area contributed by atoms with E-state index in [1.165, 1.54) is 0 Å². The average Bonchev–Trinajstić information content (AvgIpc) is 3.48. The Kier molecular flexibility index (Phi) is 6.07. The second-order valence-corrected chi connectivity index (χ2v) is 9.64. The molecule has 8 nitrogen and oxygen atoms in total. The van der Waals surface area contributed by atoms with E-state index in [4.69, 9.17) is 4.74 Å². The van der Waals surface area contributed by atoms with Gasteiger partial charge in [0, 0.05) is 53.8 Å². The van der Waals surface area contributed by atoms with Gasteiger partial charge >= 0.3 is 0 Å². The Morgan fingerprint density at radius 2 is 1.76 bits per heavy atom. The first-order valence-corrected chi connectivity index (χ1v) is 12.7. The molecule has 2 aliphatic rings. The van der Waals surface area contributed by atoms with Gasteiger partial charge in [0.05, 0.1) is 18.8 Å². The van der Waals surface area contributed by atoms with Crippen LogP contribution in [-0.4, -0.2) is 77.7 Å². The number of piperazine rings is 1. The maximum absolute atomic E-state index is 13.8. The standard InChI is InChI=1S/C30H28N4O4/c1-38-21-8-6-7-20(17-21)28-27(24-11-4-5-12-25(24)31-28)29-22-9-2-3-10-23(22)30(37)34(29)18-26(36)33-15-13-32(19-35)14-16-33/h2-12,17,19,29,31H,13-16,18H2,1H3. The minimum atomic E-state index is -0.448. The number of carbonyl (C=O) groups is 3. The van der Waals surface area contributed by atoms with Gasteiger partial charge in [0.1, 0.15) is 12.3 Å². The van der Waals surface area contributed by atoms with Crippen LogP contribution in [0.25, 0.3) is 22.2 Å². The van der Waals surface area contributed by atoms with Crippen molar-refractivity contribution in [3.63, 3.8) is 0 Å². The zero-order valence-electron chi connectivity index (χ0n) is 21.1. The summed E-state index contributed by atoms with van der Waals surface area (Å²) in [5.74, 6) is 0.452. The van der Waals surface area contributed by atoms with Gasteiger partial charge in [-0.1, -0.05) is 48.5 Å². The normalized spacial score (nSPS) is 17.1. The summed E-state index contributed by atoms with van der Waals surface area (Å²) >= 11 is 0. The quantitative estimate of drug-likeness (QED) is 0.403. The van der Waals surface area contributed by atoms with E-state index in [-0.39, 0.29) is 18.4 Å². The molecule has 1 fully saturated rings. The van der Waals surface area contributed by atoms with Gasteiger partial charge in [-0.05, 0) is 29.8 Å². The summed E-state index contributed by atoms with van der Waals surface area (Å²) in [4.78, 5) is 47.0. The third kappa shape index (κ3) is 3.98. The molecule has 4 aromatic rings. The van der Waals surface area contributed by atoms with E-state index >= 15 is 0 Å². The van der Waals surface area contributed by atoms with Crippen LogP contribution < -0.4 is 4.74 Å². The Labute approximate surface area is 220 Å². The van der Waals surface area contributed by atoms with Gasteiger partial charge in [-0.2, -0.15) is 0 Å². The summed E-state index contributed by atoms with van der Waals surface area (Å²) < 4.78 is 5.49. The molecular formula is C30H28N4O4. The molecule has 0 spiro atoms. The van der Waals surface area contributed by atoms with Gasteiger partial charge < -0.3 is 24.4 Å². The van der Waals surface area contributed by atoms with Crippen LogP contribution in [0.2, 0.25) is 0 Å². The molecule has 1 atom stereocenters. The fraction of sp³-hybridized carbons (Fsp3) is 0.233. The molecular weight excluding hydrogens is 480 g/mol. The number of nitrogens with zero attached hydrogens (tertiary/aromatic N) is 3. The molecule has 1 aromatic heterocycles. The van der Waals surface area contributed by atoms with E-state index < -0.39 is 6.04 Å². The Morgan fingerprint density at radius 1 is 1.00 bits per heavy atom. The molecule has 38 heavy (non-hydrogen) atoms. The molecule has 2 aliphatic heterocycles. The van der Waals surface area contributed by atoms with Crippen LogP contribution in [0.4, 0.5) is 0 Å². The van der Waals surface area contributed by atoms with Crippen LogP contribution >= 0.6 is 0 Å². The number of ether oxygens (including phenoxy) is 1. The zero-order valence-corrected chi connectivity index (χ0v) is 21.1. The summed E-state index contributed by atoms with van der Waals surface area (Å²) in [5.41, 5.74) is 5.21. The fourth-order valence-corrected chi connectivity index (χ4v) is 5.62. The maximum atomic E-state index is 13.8. The number of carbonyl (C=O) groups excluding carboxylic acids is 3. The van der Waals surface area contributed by atoms with E-state index in [1.807, 2.05) is 66.7 Å². The molecule has 3 aromatic carbocycles. The number of methoxy groups -OCH3 is 1. The van der Waals surface area contributed by atoms with Crippen molar-refractivity contribution in [1.29, 1.82) is 0 Å². The van der Waals surface area contributed by atoms with Crippen molar-refractivity contribution in [3.8, 4) is 17.0 Å². The Hall–Kier alpha value is -4.59. The zero-order chi connectivity index (χ0) is 26.2. The highest BCUT2D eigenvalue weighted by Crippen LogP contribution is 2.45. The summed E-state index contributed by atoms with van der Waals surface area (Å²) in [6, 6.07) is 23.0. The monoisotopic (exact) mass is 508 g/mol. The third-order valence-corrected chi connectivity index (χ3v) is 7.56. The number of hydrogen-bond donors (Lipinski definition) is 1. The van der Waals surface area contributed by atoms with Crippen molar-refractivity contribution in [3.05, 3.63) is 89.5 Å². The van der Waals surface area contributed by atoms with E-state index in [0.717, 1.165) is 45.4 Å². The van der Waals surface area contributed by atoms with Gasteiger partial charge in [-0.3, -0.25) is 14.4 Å². The number of benzene rings is 3. The number of hydrogen-bond acceptors (Lipinski definition) is 4. The number of para-hydroxylation sites is 1. The molecule has 3 amide bonds. The maximum Gasteiger partial charge on any atom is 0.255 e. The predicted molar refractivity (Wildman–Crippen MR) is 144 cm³/mol. The predicted octanol–water partition coefficient (Wildman–Crippen LogP) is 3.69. The number of H-pyrrole nitrogens is 1. The van der Waals surface area contributed by atoms with E-state index in [2.05, 4.69) is 11.1 Å². The molecule has 1 saturated heterocycles. The fourth-order valence-electron chi connectivity index (χ4n) is 5.62. The van der Waals surface area contributed by atoms with Crippen molar-refractivity contribution in [2.75, 3.05) is 39.8 Å². The molecule has 6 rings (SSSR count). The van der Waals surface area contributed by atoms with Crippen molar-refractivity contribution in [2.45, 2.75) is 6.04 Å². The molecule has 1 unspecified atom stereocenters. The molecule has 0 aliphatic carbocycles. The van der Waals surface area contributed by atoms with E-state index in [1.54, 1.807) is 21.8 Å². The third-order valence-electron chi connectivity index (χ3n) is 7.56. The van der Waals surface area contributed by atoms with Crippen molar-refractivity contribution < 1.29 is 19.1 Å². The molecule has 8 heteroatoms. The Balaban J connectivity index is 1.46. The van der Waals surface area contributed by atoms with E-state index in [9.17, 15) is 14.4 Å². The number of fused-ring (bicyclic) bond motifs is 2. The molecule has 0 radical (unpaired) electrons. The van der Waals surface area contributed by atoms with Crippen LogP contribution in [0.1, 0.15) is 27.5 Å². The van der Waals surface area contributed by atoms with Crippen molar-refractivity contribution in [1.82, 2.24) is 19.7 Å². The number of rotatable bonds is 6. The van der Waals surface area contributed by atoms with Crippen LogP contribution in [0.3, 0.4) is 0 Å². The second-order valence-electron chi connectivity index (χ2n) is 9.64. The lowest BCUT2D eigenvalue weighted by atomic mass is 9.93. The Morgan fingerprint density at radius 3 is 2.55 bits per heavy atom. The minimum absolute atomic E-state index is 0.0453. The molecule has 0 bridgehead atoms. The lowest BCUT2D eigenvalue weighted by Gasteiger charge is -2.34. The van der Waals surface area contributed by atoms with Crippen LogP contribution in [0.5, 0.6) is 5.75 Å².